The molecule has 2 aromatic rings. The Kier molecular flexibility index (Phi) is 9.55. The fraction of sp³-hybridized carbons (Fsp3) is 0.350. The lowest BCUT2D eigenvalue weighted by atomic mass is 10.1. The molecule has 0 aliphatic rings. The third-order valence-electron chi connectivity index (χ3n) is 4.21. The van der Waals surface area contributed by atoms with Crippen molar-refractivity contribution in [2.24, 2.45) is 0 Å². The highest BCUT2D eigenvalue weighted by atomic mass is 79.9. The number of benzene rings is 2. The number of halogens is 3. The number of hydrogen-bond donors (Lipinski definition) is 2. The molecular formula is C20H22BrClFNO4S. The van der Waals surface area contributed by atoms with Crippen molar-refractivity contribution >= 4 is 45.3 Å². The van der Waals surface area contributed by atoms with E-state index in [0.717, 1.165) is 15.8 Å². The lowest BCUT2D eigenvalue weighted by Gasteiger charge is -2.17. The SMILES string of the molecule is COc1cc(CNC(CCSC)C(=O)O)c(Br)cc1OCc1c(F)cccc1Cl. The maximum absolute atomic E-state index is 13.9. The normalized spacial score (nSPS) is 11.9. The largest absolute Gasteiger partial charge is 0.493 e. The van der Waals surface area contributed by atoms with E-state index in [-0.39, 0.29) is 17.2 Å². The molecule has 2 N–H and O–H groups in total. The first kappa shape index (κ1) is 23.8. The third-order valence-corrected chi connectivity index (χ3v) is 5.95. The third kappa shape index (κ3) is 6.77. The van der Waals surface area contributed by atoms with E-state index in [4.69, 9.17) is 21.1 Å². The predicted molar refractivity (Wildman–Crippen MR) is 118 cm³/mol. The minimum Gasteiger partial charge on any atom is -0.493 e. The summed E-state index contributed by atoms with van der Waals surface area (Å²) < 4.78 is 25.8. The van der Waals surface area contributed by atoms with E-state index in [9.17, 15) is 14.3 Å². The van der Waals surface area contributed by atoms with Gasteiger partial charge in [-0.1, -0.05) is 33.6 Å². The van der Waals surface area contributed by atoms with Crippen LogP contribution < -0.4 is 14.8 Å². The van der Waals surface area contributed by atoms with Crippen LogP contribution in [0, 0.1) is 5.82 Å². The van der Waals surface area contributed by atoms with Crippen LogP contribution in [0.25, 0.3) is 0 Å². The molecule has 0 radical (unpaired) electrons. The number of carboxylic acids is 1. The Morgan fingerprint density at radius 2 is 2.14 bits per heavy atom. The molecule has 0 amide bonds. The van der Waals surface area contributed by atoms with Crippen molar-refractivity contribution in [2.45, 2.75) is 25.6 Å². The second kappa shape index (κ2) is 11.6. The zero-order valence-corrected chi connectivity index (χ0v) is 19.2. The monoisotopic (exact) mass is 505 g/mol. The number of thioether (sulfide) groups is 1. The first-order chi connectivity index (χ1) is 13.9. The van der Waals surface area contributed by atoms with E-state index in [1.54, 1.807) is 30.0 Å². The lowest BCUT2D eigenvalue weighted by molar-refractivity contribution is -0.139. The minimum atomic E-state index is -0.885. The Bertz CT molecular complexity index is 835. The molecule has 0 saturated heterocycles. The second-order valence-corrected chi connectivity index (χ2v) is 8.38. The van der Waals surface area contributed by atoms with Gasteiger partial charge in [0.15, 0.2) is 11.5 Å². The molecular weight excluding hydrogens is 485 g/mol. The van der Waals surface area contributed by atoms with Crippen LogP contribution in [0.1, 0.15) is 17.5 Å². The molecule has 1 unspecified atom stereocenters. The summed E-state index contributed by atoms with van der Waals surface area (Å²) in [7, 11) is 1.50. The van der Waals surface area contributed by atoms with Crippen LogP contribution in [0.4, 0.5) is 4.39 Å². The average Bonchev–Trinajstić information content (AvgIpc) is 2.68. The number of aliphatic carboxylic acids is 1. The van der Waals surface area contributed by atoms with Gasteiger partial charge >= 0.3 is 5.97 Å². The predicted octanol–water partition coefficient (Wildman–Crippen LogP) is 5.13. The lowest BCUT2D eigenvalue weighted by Crippen LogP contribution is -2.36. The quantitative estimate of drug-likeness (QED) is 0.441. The molecule has 0 aliphatic carbocycles. The molecule has 0 saturated carbocycles. The van der Waals surface area contributed by atoms with Gasteiger partial charge in [-0.3, -0.25) is 4.79 Å². The summed E-state index contributed by atoms with van der Waals surface area (Å²) in [5.41, 5.74) is 1.07. The average molecular weight is 507 g/mol. The van der Waals surface area contributed by atoms with Crippen molar-refractivity contribution in [2.75, 3.05) is 19.1 Å². The van der Waals surface area contributed by atoms with E-state index in [1.807, 2.05) is 6.26 Å². The van der Waals surface area contributed by atoms with Crippen LogP contribution >= 0.6 is 39.3 Å². The van der Waals surface area contributed by atoms with Crippen molar-refractivity contribution in [3.63, 3.8) is 0 Å². The van der Waals surface area contributed by atoms with Gasteiger partial charge < -0.3 is 19.9 Å². The summed E-state index contributed by atoms with van der Waals surface area (Å²) in [4.78, 5) is 11.4. The van der Waals surface area contributed by atoms with Crippen molar-refractivity contribution in [3.8, 4) is 11.5 Å². The van der Waals surface area contributed by atoms with E-state index in [1.165, 1.54) is 19.2 Å². The van der Waals surface area contributed by atoms with Gasteiger partial charge in [-0.2, -0.15) is 11.8 Å². The van der Waals surface area contributed by atoms with Crippen molar-refractivity contribution in [3.05, 3.63) is 56.8 Å². The number of ether oxygens (including phenoxy) is 2. The van der Waals surface area contributed by atoms with Crippen molar-refractivity contribution < 1.29 is 23.8 Å². The summed E-state index contributed by atoms with van der Waals surface area (Å²) in [5, 5.41) is 12.7. The molecule has 0 fully saturated rings. The standard InChI is InChI=1S/C20H22BrClFNO4S/c1-27-18-8-12(10-24-17(20(25)26)6-7-29-2)14(21)9-19(18)28-11-13-15(22)4-3-5-16(13)23/h3-5,8-9,17,24H,6-7,10-11H2,1-2H3,(H,25,26). The van der Waals surface area contributed by atoms with Crippen molar-refractivity contribution in [1.29, 1.82) is 0 Å². The Morgan fingerprint density at radius 1 is 1.38 bits per heavy atom. The van der Waals surface area contributed by atoms with Gasteiger partial charge in [0.2, 0.25) is 0 Å². The Morgan fingerprint density at radius 3 is 2.76 bits per heavy atom. The molecule has 1 atom stereocenters. The summed E-state index contributed by atoms with van der Waals surface area (Å²) in [5.74, 6) is 0.290. The van der Waals surface area contributed by atoms with E-state index in [0.29, 0.717) is 24.5 Å². The molecule has 158 valence electrons. The summed E-state index contributed by atoms with van der Waals surface area (Å²) in [6.07, 6.45) is 2.46. The van der Waals surface area contributed by atoms with Crippen LogP contribution in [0.5, 0.6) is 11.5 Å². The molecule has 0 heterocycles. The summed E-state index contributed by atoms with van der Waals surface area (Å²) >= 11 is 11.1. The van der Waals surface area contributed by atoms with E-state index >= 15 is 0 Å². The summed E-state index contributed by atoms with van der Waals surface area (Å²) in [6.45, 7) is 0.281. The topological polar surface area (TPSA) is 67.8 Å². The minimum absolute atomic E-state index is 0.0539. The number of methoxy groups -OCH3 is 1. The number of carboxylic acid groups (broad SMARTS) is 1. The van der Waals surface area contributed by atoms with Gasteiger partial charge in [0.1, 0.15) is 18.5 Å². The molecule has 2 aromatic carbocycles. The highest BCUT2D eigenvalue weighted by Crippen LogP contribution is 2.35. The van der Waals surface area contributed by atoms with Gasteiger partial charge in [0.05, 0.1) is 12.1 Å². The Balaban J connectivity index is 2.13. The highest BCUT2D eigenvalue weighted by molar-refractivity contribution is 9.10. The van der Waals surface area contributed by atoms with E-state index < -0.39 is 17.8 Å². The maximum atomic E-state index is 13.9. The van der Waals surface area contributed by atoms with Crippen LogP contribution in [0.2, 0.25) is 5.02 Å². The molecule has 0 aliphatic heterocycles. The van der Waals surface area contributed by atoms with Gasteiger partial charge in [0, 0.05) is 16.6 Å². The zero-order chi connectivity index (χ0) is 21.4. The van der Waals surface area contributed by atoms with Gasteiger partial charge in [0.25, 0.3) is 0 Å². The molecule has 5 nitrogen and oxygen atoms in total. The fourth-order valence-electron chi connectivity index (χ4n) is 2.59. The molecule has 2 rings (SSSR count). The highest BCUT2D eigenvalue weighted by Gasteiger charge is 2.18. The zero-order valence-electron chi connectivity index (χ0n) is 16.0. The van der Waals surface area contributed by atoms with Crippen LogP contribution in [-0.4, -0.2) is 36.2 Å². The van der Waals surface area contributed by atoms with Crippen LogP contribution in [-0.2, 0) is 17.9 Å². The number of nitrogens with one attached hydrogen (secondary N) is 1. The van der Waals surface area contributed by atoms with E-state index in [2.05, 4.69) is 21.2 Å². The Labute approximate surface area is 187 Å². The smallest absolute Gasteiger partial charge is 0.320 e. The van der Waals surface area contributed by atoms with Crippen molar-refractivity contribution in [1.82, 2.24) is 5.32 Å². The number of hydrogen-bond acceptors (Lipinski definition) is 5. The molecule has 0 bridgehead atoms. The van der Waals surface area contributed by atoms with Gasteiger partial charge in [-0.25, -0.2) is 4.39 Å². The van der Waals surface area contributed by atoms with Crippen LogP contribution in [0.15, 0.2) is 34.8 Å². The summed E-state index contributed by atoms with van der Waals surface area (Å²) in [6, 6.07) is 7.28. The fourth-order valence-corrected chi connectivity index (χ4v) is 3.74. The van der Waals surface area contributed by atoms with Gasteiger partial charge in [-0.15, -0.1) is 0 Å². The molecule has 29 heavy (non-hydrogen) atoms. The van der Waals surface area contributed by atoms with Crippen LogP contribution in [0.3, 0.4) is 0 Å². The molecule has 9 heteroatoms. The first-order valence-electron chi connectivity index (χ1n) is 8.74. The molecule has 0 spiro atoms. The molecule has 0 aromatic heterocycles. The Hall–Kier alpha value is -1.48. The number of rotatable bonds is 11. The number of carbonyl (C=O) groups is 1. The second-order valence-electron chi connectivity index (χ2n) is 6.14. The first-order valence-corrected chi connectivity index (χ1v) is 11.3. The van der Waals surface area contributed by atoms with Gasteiger partial charge in [-0.05, 0) is 48.3 Å². The maximum Gasteiger partial charge on any atom is 0.320 e.